The highest BCUT2D eigenvalue weighted by molar-refractivity contribution is 7.99. The van der Waals surface area contributed by atoms with E-state index in [9.17, 15) is 0 Å². The Balaban J connectivity index is 1.66. The van der Waals surface area contributed by atoms with Crippen molar-refractivity contribution in [1.82, 2.24) is 9.55 Å². The highest BCUT2D eigenvalue weighted by Crippen LogP contribution is 2.34. The van der Waals surface area contributed by atoms with E-state index in [2.05, 4.69) is 33.8 Å². The number of aryl methyl sites for hydroxylation is 1. The van der Waals surface area contributed by atoms with Gasteiger partial charge in [-0.05, 0) is 36.4 Å². The van der Waals surface area contributed by atoms with E-state index >= 15 is 0 Å². The highest BCUT2D eigenvalue weighted by atomic mass is 32.2. The van der Waals surface area contributed by atoms with Crippen molar-refractivity contribution in [2.45, 2.75) is 9.79 Å². The summed E-state index contributed by atoms with van der Waals surface area (Å²) < 4.78 is 2.06. The third-order valence-electron chi connectivity index (χ3n) is 3.98. The zero-order valence-electron chi connectivity index (χ0n) is 13.8. The van der Waals surface area contributed by atoms with Gasteiger partial charge in [0.15, 0.2) is 5.82 Å². The molecule has 0 aliphatic heterocycles. The molecule has 3 nitrogen and oxygen atoms in total. The van der Waals surface area contributed by atoms with Crippen LogP contribution in [0.2, 0.25) is 0 Å². The van der Waals surface area contributed by atoms with Gasteiger partial charge in [-0.2, -0.15) is 0 Å². The summed E-state index contributed by atoms with van der Waals surface area (Å²) >= 11 is 1.72. The smallest absolute Gasteiger partial charge is 0.152 e. The van der Waals surface area contributed by atoms with Gasteiger partial charge in [-0.15, -0.1) is 0 Å². The van der Waals surface area contributed by atoms with Crippen LogP contribution in [0.25, 0.3) is 11.0 Å². The number of hydrogen-bond acceptors (Lipinski definition) is 3. The molecule has 4 heteroatoms. The number of hydrogen-bond donors (Lipinski definition) is 0. The van der Waals surface area contributed by atoms with Crippen molar-refractivity contribution in [2.75, 3.05) is 0 Å². The Morgan fingerprint density at radius 2 is 1.60 bits per heavy atom. The number of benzene rings is 3. The normalized spacial score (nSPS) is 11.4. The summed E-state index contributed by atoms with van der Waals surface area (Å²) in [5.74, 6) is 0.848. The number of aromatic nitrogens is 2. The second-order valence-electron chi connectivity index (χ2n) is 5.66. The van der Waals surface area contributed by atoms with Gasteiger partial charge in [0.2, 0.25) is 0 Å². The average molecular weight is 343 g/mol. The van der Waals surface area contributed by atoms with Gasteiger partial charge in [-0.25, -0.2) is 4.98 Å². The van der Waals surface area contributed by atoms with Gasteiger partial charge >= 0.3 is 0 Å². The van der Waals surface area contributed by atoms with Crippen molar-refractivity contribution in [1.29, 1.82) is 0 Å². The molecule has 0 aliphatic carbocycles. The van der Waals surface area contributed by atoms with Crippen molar-refractivity contribution in [3.05, 3.63) is 84.7 Å². The van der Waals surface area contributed by atoms with Gasteiger partial charge in [-0.3, -0.25) is 4.99 Å². The van der Waals surface area contributed by atoms with Gasteiger partial charge in [0.1, 0.15) is 0 Å². The van der Waals surface area contributed by atoms with Gasteiger partial charge in [0.25, 0.3) is 0 Å². The minimum absolute atomic E-state index is 0.848. The molecule has 1 heterocycles. The fraction of sp³-hybridized carbons (Fsp3) is 0.0476. The second-order valence-corrected chi connectivity index (χ2v) is 6.77. The molecule has 0 saturated carbocycles. The monoisotopic (exact) mass is 343 g/mol. The van der Waals surface area contributed by atoms with Crippen LogP contribution in [0.5, 0.6) is 0 Å². The molecule has 25 heavy (non-hydrogen) atoms. The van der Waals surface area contributed by atoms with E-state index < -0.39 is 0 Å². The molecule has 4 aromatic rings. The van der Waals surface area contributed by atoms with Crippen LogP contribution in [0.3, 0.4) is 0 Å². The van der Waals surface area contributed by atoms with E-state index in [0.29, 0.717) is 0 Å². The maximum Gasteiger partial charge on any atom is 0.152 e. The fourth-order valence-electron chi connectivity index (χ4n) is 2.67. The highest BCUT2D eigenvalue weighted by Gasteiger charge is 2.06. The van der Waals surface area contributed by atoms with Crippen LogP contribution in [0, 0.1) is 0 Å². The lowest BCUT2D eigenvalue weighted by Gasteiger charge is -2.05. The largest absolute Gasteiger partial charge is 0.326 e. The third kappa shape index (κ3) is 3.35. The first-order valence-electron chi connectivity index (χ1n) is 8.09. The summed E-state index contributed by atoms with van der Waals surface area (Å²) in [6.45, 7) is 0. The Morgan fingerprint density at radius 3 is 2.44 bits per heavy atom. The first-order chi connectivity index (χ1) is 12.3. The summed E-state index contributed by atoms with van der Waals surface area (Å²) in [7, 11) is 2.02. The number of aliphatic imine (C=N–C) groups is 1. The molecular weight excluding hydrogens is 326 g/mol. The van der Waals surface area contributed by atoms with Crippen molar-refractivity contribution < 1.29 is 0 Å². The standard InChI is InChI=1S/C21H17N3S/c1-24-19-13-7-5-11-17(19)23-21(24)15-22-18-12-6-8-14-20(18)25-16-9-3-2-4-10-16/h2-15H,1H3. The predicted octanol–water partition coefficient (Wildman–Crippen LogP) is 5.48. The number of para-hydroxylation sites is 3. The summed E-state index contributed by atoms with van der Waals surface area (Å²) in [5, 5.41) is 0. The maximum atomic E-state index is 4.70. The van der Waals surface area contributed by atoms with Crippen LogP contribution in [0.4, 0.5) is 5.69 Å². The molecule has 122 valence electrons. The molecule has 0 aliphatic rings. The maximum absolute atomic E-state index is 4.70. The predicted molar refractivity (Wildman–Crippen MR) is 105 cm³/mol. The topological polar surface area (TPSA) is 30.2 Å². The Bertz CT molecular complexity index is 1040. The average Bonchev–Trinajstić information content (AvgIpc) is 2.98. The quantitative estimate of drug-likeness (QED) is 0.460. The molecule has 0 bridgehead atoms. The summed E-state index contributed by atoms with van der Waals surface area (Å²) in [4.78, 5) is 11.7. The lowest BCUT2D eigenvalue weighted by molar-refractivity contribution is 0.934. The first kappa shape index (κ1) is 15.7. The molecule has 0 N–H and O–H groups in total. The molecule has 1 aromatic heterocycles. The SMILES string of the molecule is Cn1c(C=Nc2ccccc2Sc2ccccc2)nc2ccccc21. The molecule has 0 spiro atoms. The van der Waals surface area contributed by atoms with Crippen molar-refractivity contribution in [3.8, 4) is 0 Å². The van der Waals surface area contributed by atoms with Crippen LogP contribution in [0.15, 0.2) is 93.6 Å². The lowest BCUT2D eigenvalue weighted by Crippen LogP contribution is -1.95. The Morgan fingerprint density at radius 1 is 0.880 bits per heavy atom. The van der Waals surface area contributed by atoms with E-state index in [-0.39, 0.29) is 0 Å². The molecule has 0 amide bonds. The van der Waals surface area contributed by atoms with Crippen LogP contribution in [0.1, 0.15) is 5.82 Å². The molecule has 0 saturated heterocycles. The van der Waals surface area contributed by atoms with E-state index in [0.717, 1.165) is 27.4 Å². The van der Waals surface area contributed by atoms with E-state index in [1.54, 1.807) is 11.8 Å². The van der Waals surface area contributed by atoms with Crippen molar-refractivity contribution in [3.63, 3.8) is 0 Å². The Kier molecular flexibility index (Phi) is 4.36. The van der Waals surface area contributed by atoms with Crippen LogP contribution in [-0.4, -0.2) is 15.8 Å². The molecule has 4 rings (SSSR count). The van der Waals surface area contributed by atoms with Gasteiger partial charge < -0.3 is 4.57 Å². The van der Waals surface area contributed by atoms with Crippen molar-refractivity contribution >= 4 is 34.7 Å². The minimum Gasteiger partial charge on any atom is -0.326 e. The number of imidazole rings is 1. The second kappa shape index (κ2) is 6.95. The Labute approximate surface area is 151 Å². The van der Waals surface area contributed by atoms with E-state index in [4.69, 9.17) is 4.99 Å². The zero-order valence-corrected chi connectivity index (χ0v) is 14.6. The van der Waals surface area contributed by atoms with Crippen LogP contribution >= 0.6 is 11.8 Å². The number of rotatable bonds is 4. The van der Waals surface area contributed by atoms with E-state index in [1.807, 2.05) is 67.9 Å². The fourth-order valence-corrected chi connectivity index (χ4v) is 3.59. The first-order valence-corrected chi connectivity index (χ1v) is 8.90. The molecule has 0 atom stereocenters. The number of nitrogens with zero attached hydrogens (tertiary/aromatic N) is 3. The third-order valence-corrected chi connectivity index (χ3v) is 5.05. The zero-order chi connectivity index (χ0) is 17.1. The molecule has 0 radical (unpaired) electrons. The van der Waals surface area contributed by atoms with Crippen LogP contribution in [-0.2, 0) is 7.05 Å². The number of fused-ring (bicyclic) bond motifs is 1. The van der Waals surface area contributed by atoms with Crippen LogP contribution < -0.4 is 0 Å². The van der Waals surface area contributed by atoms with Crippen molar-refractivity contribution in [2.24, 2.45) is 12.0 Å². The summed E-state index contributed by atoms with van der Waals surface area (Å²) in [5.41, 5.74) is 3.04. The minimum atomic E-state index is 0.848. The van der Waals surface area contributed by atoms with Gasteiger partial charge in [-0.1, -0.05) is 54.2 Å². The molecule has 0 fully saturated rings. The molecule has 0 unspecified atom stereocenters. The molecule has 3 aromatic carbocycles. The lowest BCUT2D eigenvalue weighted by atomic mass is 10.3. The Hall–Kier alpha value is -2.85. The van der Waals surface area contributed by atoms with Gasteiger partial charge in [0.05, 0.1) is 22.9 Å². The summed E-state index contributed by atoms with van der Waals surface area (Å²) in [6.07, 6.45) is 1.84. The molecular formula is C21H17N3S. The van der Waals surface area contributed by atoms with E-state index in [1.165, 1.54) is 4.90 Å². The van der Waals surface area contributed by atoms with Gasteiger partial charge in [0, 0.05) is 16.8 Å². The summed E-state index contributed by atoms with van der Waals surface area (Å²) in [6, 6.07) is 26.6.